The number of nitrogens with two attached hydrogens (primary N) is 1. The molecule has 3 aromatic heterocycles. The summed E-state index contributed by atoms with van der Waals surface area (Å²) >= 11 is 0. The van der Waals surface area contributed by atoms with Crippen LogP contribution in [0.5, 0.6) is 0 Å². The first kappa shape index (κ1) is 25.0. The van der Waals surface area contributed by atoms with Crippen LogP contribution < -0.4 is 11.1 Å². The Morgan fingerprint density at radius 1 is 1.16 bits per heavy atom. The molecule has 2 atom stereocenters. The molecule has 7 nitrogen and oxygen atoms in total. The van der Waals surface area contributed by atoms with Crippen molar-refractivity contribution in [2.24, 2.45) is 5.73 Å². The molecule has 0 aliphatic heterocycles. The lowest BCUT2D eigenvalue weighted by atomic mass is 9.82. The van der Waals surface area contributed by atoms with E-state index >= 15 is 8.78 Å². The average Bonchev–Trinajstić information content (AvgIpc) is 3.24. The average molecular weight is 505 g/mol. The Kier molecular flexibility index (Phi) is 6.99. The second kappa shape index (κ2) is 10.4. The Hall–Kier alpha value is -3.69. The Morgan fingerprint density at radius 2 is 1.95 bits per heavy atom. The third-order valence-corrected chi connectivity index (χ3v) is 6.49. The van der Waals surface area contributed by atoms with Gasteiger partial charge >= 0.3 is 0 Å². The van der Waals surface area contributed by atoms with Gasteiger partial charge in [0.15, 0.2) is 0 Å². The lowest BCUT2D eigenvalue weighted by molar-refractivity contribution is 0.0654. The third kappa shape index (κ3) is 5.38. The van der Waals surface area contributed by atoms with Gasteiger partial charge in [-0.1, -0.05) is 11.6 Å². The fraction of sp³-hybridized carbons (Fsp3) is 0.321. The molecule has 1 aliphatic carbocycles. The number of hydrogen-bond donors (Lipinski definition) is 2. The Morgan fingerprint density at radius 3 is 2.68 bits per heavy atom. The Balaban J connectivity index is 1.47. The number of aromatic nitrogens is 4. The number of ether oxygens (including phenoxy) is 1. The summed E-state index contributed by atoms with van der Waals surface area (Å²) in [5.41, 5.74) is 10.4. The van der Waals surface area contributed by atoms with Gasteiger partial charge in [0.2, 0.25) is 5.95 Å². The van der Waals surface area contributed by atoms with E-state index in [4.69, 9.17) is 10.5 Å². The van der Waals surface area contributed by atoms with Crippen LogP contribution in [0.3, 0.4) is 0 Å². The molecule has 0 spiro atoms. The quantitative estimate of drug-likeness (QED) is 0.305. The van der Waals surface area contributed by atoms with E-state index in [9.17, 15) is 0 Å². The van der Waals surface area contributed by atoms with Crippen molar-refractivity contribution in [1.82, 2.24) is 19.6 Å². The van der Waals surface area contributed by atoms with Crippen molar-refractivity contribution in [3.63, 3.8) is 0 Å². The highest BCUT2D eigenvalue weighted by molar-refractivity contribution is 5.66. The minimum Gasteiger partial charge on any atom is -0.374 e. The number of anilines is 2. The summed E-state index contributed by atoms with van der Waals surface area (Å²) in [5, 5.41) is 7.85. The van der Waals surface area contributed by atoms with Gasteiger partial charge in [-0.2, -0.15) is 9.61 Å². The molecule has 4 aromatic rings. The first-order chi connectivity index (χ1) is 17.8. The highest BCUT2D eigenvalue weighted by atomic mass is 19.1. The van der Waals surface area contributed by atoms with Crippen molar-refractivity contribution < 1.29 is 13.5 Å². The normalized spacial score (nSPS) is 17.9. The monoisotopic (exact) mass is 504 g/mol. The molecule has 0 bridgehead atoms. The van der Waals surface area contributed by atoms with Crippen molar-refractivity contribution in [2.75, 3.05) is 5.32 Å². The maximum Gasteiger partial charge on any atom is 0.229 e. The van der Waals surface area contributed by atoms with Gasteiger partial charge in [0, 0.05) is 12.2 Å². The summed E-state index contributed by atoms with van der Waals surface area (Å²) < 4.78 is 37.1. The number of halogens is 2. The van der Waals surface area contributed by atoms with Crippen LogP contribution in [0.25, 0.3) is 16.8 Å². The first-order valence-corrected chi connectivity index (χ1v) is 12.4. The number of benzene rings is 1. The standard InChI is InChI=1S/C28H30F2N6O/c1-16(2)37-15-18-10-23(29)27(24(30)11-18)25-5-4-21-13-33-28(36(21)35-25)34-26-14-32-7-6-22(26)19-8-17(3)9-20(31)12-19/h4-7,9-11,13-14,16,19-20H,8,12,15,31H2,1-3H3,(H,33,34). The highest BCUT2D eigenvalue weighted by Crippen LogP contribution is 2.36. The van der Waals surface area contributed by atoms with Crippen LogP contribution >= 0.6 is 0 Å². The van der Waals surface area contributed by atoms with E-state index < -0.39 is 11.6 Å². The van der Waals surface area contributed by atoms with Gasteiger partial charge in [-0.3, -0.25) is 4.98 Å². The zero-order valence-corrected chi connectivity index (χ0v) is 21.1. The minimum absolute atomic E-state index is 0.00404. The van der Waals surface area contributed by atoms with Gasteiger partial charge in [-0.05, 0) is 81.0 Å². The van der Waals surface area contributed by atoms with E-state index in [1.165, 1.54) is 17.7 Å². The molecule has 37 heavy (non-hydrogen) atoms. The van der Waals surface area contributed by atoms with Crippen LogP contribution in [0.1, 0.15) is 50.7 Å². The first-order valence-electron chi connectivity index (χ1n) is 12.4. The van der Waals surface area contributed by atoms with Crippen LogP contribution in [0.2, 0.25) is 0 Å². The van der Waals surface area contributed by atoms with Gasteiger partial charge in [-0.25, -0.2) is 13.8 Å². The fourth-order valence-corrected chi connectivity index (χ4v) is 4.84. The van der Waals surface area contributed by atoms with Gasteiger partial charge in [0.1, 0.15) is 11.6 Å². The molecule has 3 N–H and O–H groups in total. The molecule has 0 radical (unpaired) electrons. The number of hydrogen-bond acceptors (Lipinski definition) is 6. The fourth-order valence-electron chi connectivity index (χ4n) is 4.84. The molecular weight excluding hydrogens is 474 g/mol. The molecule has 1 aliphatic rings. The van der Waals surface area contributed by atoms with E-state index in [-0.39, 0.29) is 35.9 Å². The Labute approximate surface area is 214 Å². The molecule has 192 valence electrons. The van der Waals surface area contributed by atoms with E-state index in [0.717, 1.165) is 24.1 Å². The molecule has 0 saturated heterocycles. The SMILES string of the molecule is CC1=CC(N)CC(c2ccncc2Nc2ncc3ccc(-c4c(F)cc(COC(C)C)cc4F)nn23)C1. The number of allylic oxidation sites excluding steroid dienone is 1. The van der Waals surface area contributed by atoms with Crippen molar-refractivity contribution >= 4 is 17.2 Å². The van der Waals surface area contributed by atoms with Crippen LogP contribution in [-0.4, -0.2) is 31.7 Å². The molecule has 9 heteroatoms. The number of nitrogens with zero attached hydrogens (tertiary/aromatic N) is 4. The highest BCUT2D eigenvalue weighted by Gasteiger charge is 2.23. The predicted molar refractivity (Wildman–Crippen MR) is 139 cm³/mol. The van der Waals surface area contributed by atoms with E-state index in [2.05, 4.69) is 33.4 Å². The number of rotatable bonds is 7. The van der Waals surface area contributed by atoms with Crippen LogP contribution in [0.4, 0.5) is 20.4 Å². The number of pyridine rings is 1. The van der Waals surface area contributed by atoms with E-state index in [0.29, 0.717) is 17.0 Å². The lowest BCUT2D eigenvalue weighted by Crippen LogP contribution is -2.25. The largest absolute Gasteiger partial charge is 0.374 e. The van der Waals surface area contributed by atoms with Crippen molar-refractivity contribution in [3.8, 4) is 11.3 Å². The zero-order chi connectivity index (χ0) is 26.1. The number of imidazole rings is 1. The summed E-state index contributed by atoms with van der Waals surface area (Å²) in [6.07, 6.45) is 8.97. The smallest absolute Gasteiger partial charge is 0.229 e. The van der Waals surface area contributed by atoms with Crippen molar-refractivity contribution in [2.45, 2.75) is 58.3 Å². The maximum atomic E-state index is 15.0. The topological polar surface area (TPSA) is 90.4 Å². The summed E-state index contributed by atoms with van der Waals surface area (Å²) in [6, 6.07) is 7.88. The van der Waals surface area contributed by atoms with E-state index in [1.807, 2.05) is 19.9 Å². The Bertz CT molecular complexity index is 1440. The molecule has 5 rings (SSSR count). The zero-order valence-electron chi connectivity index (χ0n) is 21.1. The van der Waals surface area contributed by atoms with Crippen LogP contribution in [0.15, 0.2) is 60.6 Å². The molecular formula is C28H30F2N6O. The minimum atomic E-state index is -0.699. The number of fused-ring (bicyclic) bond motifs is 1. The predicted octanol–water partition coefficient (Wildman–Crippen LogP) is 5.89. The van der Waals surface area contributed by atoms with Gasteiger partial charge < -0.3 is 15.8 Å². The summed E-state index contributed by atoms with van der Waals surface area (Å²) in [7, 11) is 0. The second-order valence-corrected chi connectivity index (χ2v) is 9.83. The lowest BCUT2D eigenvalue weighted by Gasteiger charge is -2.27. The summed E-state index contributed by atoms with van der Waals surface area (Å²) in [6.45, 7) is 5.96. The van der Waals surface area contributed by atoms with Crippen LogP contribution in [0, 0.1) is 11.6 Å². The number of nitrogens with one attached hydrogen (secondary N) is 1. The van der Waals surface area contributed by atoms with Crippen LogP contribution in [-0.2, 0) is 11.3 Å². The van der Waals surface area contributed by atoms with Crippen molar-refractivity contribution in [1.29, 1.82) is 0 Å². The molecule has 3 heterocycles. The third-order valence-electron chi connectivity index (χ3n) is 6.49. The molecule has 1 aromatic carbocycles. The van der Waals surface area contributed by atoms with Gasteiger partial charge in [0.05, 0.1) is 47.6 Å². The maximum absolute atomic E-state index is 15.0. The van der Waals surface area contributed by atoms with Gasteiger partial charge in [-0.15, -0.1) is 0 Å². The van der Waals surface area contributed by atoms with E-state index in [1.54, 1.807) is 35.2 Å². The second-order valence-electron chi connectivity index (χ2n) is 9.83. The summed E-state index contributed by atoms with van der Waals surface area (Å²) in [4.78, 5) is 8.75. The molecule has 0 amide bonds. The molecule has 0 saturated carbocycles. The summed E-state index contributed by atoms with van der Waals surface area (Å²) in [5.74, 6) is -0.742. The molecule has 0 fully saturated rings. The van der Waals surface area contributed by atoms with Gasteiger partial charge in [0.25, 0.3) is 0 Å². The molecule has 2 unspecified atom stereocenters. The van der Waals surface area contributed by atoms with Crippen molar-refractivity contribution in [3.05, 3.63) is 83.3 Å².